The summed E-state index contributed by atoms with van der Waals surface area (Å²) in [5.74, 6) is 3.01. The minimum atomic E-state index is 0.525. The van der Waals surface area contributed by atoms with Crippen LogP contribution in [0.5, 0.6) is 5.88 Å². The monoisotopic (exact) mass is 275 g/mol. The number of nitrogens with zero attached hydrogens (tertiary/aromatic N) is 2. The van der Waals surface area contributed by atoms with Gasteiger partial charge in [-0.25, -0.2) is 4.98 Å². The van der Waals surface area contributed by atoms with Gasteiger partial charge in [-0.15, -0.1) is 11.3 Å². The van der Waals surface area contributed by atoms with Gasteiger partial charge < -0.3 is 10.1 Å². The molecular formula is C14H17N3OS. The zero-order valence-corrected chi connectivity index (χ0v) is 12.0. The van der Waals surface area contributed by atoms with E-state index in [-0.39, 0.29) is 0 Å². The van der Waals surface area contributed by atoms with Crippen molar-refractivity contribution in [1.29, 1.82) is 0 Å². The number of hydrogen-bond acceptors (Lipinski definition) is 5. The largest absolute Gasteiger partial charge is 0.472 e. The first-order chi connectivity index (χ1) is 9.28. The van der Waals surface area contributed by atoms with E-state index in [2.05, 4.69) is 26.7 Å². The van der Waals surface area contributed by atoms with Crippen molar-refractivity contribution in [2.75, 3.05) is 12.4 Å². The van der Waals surface area contributed by atoms with Gasteiger partial charge in [0.1, 0.15) is 18.2 Å². The molecule has 19 heavy (non-hydrogen) atoms. The Hall–Kier alpha value is -1.62. The molecule has 1 N–H and O–H groups in total. The van der Waals surface area contributed by atoms with Crippen LogP contribution < -0.4 is 10.1 Å². The molecule has 1 aliphatic carbocycles. The molecule has 0 atom stereocenters. The summed E-state index contributed by atoms with van der Waals surface area (Å²) in [7, 11) is 1.88. The second kappa shape index (κ2) is 5.17. The molecule has 4 nitrogen and oxygen atoms in total. The summed E-state index contributed by atoms with van der Waals surface area (Å²) in [6.07, 6.45) is 2.38. The average molecular weight is 275 g/mol. The number of rotatable bonds is 5. The Kier molecular flexibility index (Phi) is 3.38. The van der Waals surface area contributed by atoms with Gasteiger partial charge in [0.15, 0.2) is 0 Å². The Morgan fingerprint density at radius 3 is 2.89 bits per heavy atom. The van der Waals surface area contributed by atoms with Crippen LogP contribution >= 0.6 is 11.3 Å². The summed E-state index contributed by atoms with van der Waals surface area (Å²) >= 11 is 1.70. The lowest BCUT2D eigenvalue weighted by Gasteiger charge is -2.12. The molecule has 1 saturated carbocycles. The summed E-state index contributed by atoms with van der Waals surface area (Å²) in [5, 5.41) is 5.18. The zero-order chi connectivity index (χ0) is 13.2. The van der Waals surface area contributed by atoms with Crippen molar-refractivity contribution in [3.63, 3.8) is 0 Å². The van der Waals surface area contributed by atoms with E-state index in [1.54, 1.807) is 11.3 Å². The molecule has 0 saturated heterocycles. The normalized spacial score (nSPS) is 14.4. The van der Waals surface area contributed by atoms with Gasteiger partial charge in [0.2, 0.25) is 5.88 Å². The number of nitrogens with one attached hydrogen (secondary N) is 1. The molecule has 100 valence electrons. The lowest BCUT2D eigenvalue weighted by molar-refractivity contribution is 0.293. The third-order valence-electron chi connectivity index (χ3n) is 3.23. The van der Waals surface area contributed by atoms with Crippen molar-refractivity contribution in [3.05, 3.63) is 33.8 Å². The molecule has 0 bridgehead atoms. The summed E-state index contributed by atoms with van der Waals surface area (Å²) in [5.41, 5.74) is 0.975. The fourth-order valence-corrected chi connectivity index (χ4v) is 2.57. The van der Waals surface area contributed by atoms with Gasteiger partial charge in [-0.2, -0.15) is 4.98 Å². The van der Waals surface area contributed by atoms with Gasteiger partial charge in [0.25, 0.3) is 0 Å². The zero-order valence-electron chi connectivity index (χ0n) is 11.1. The van der Waals surface area contributed by atoms with Crippen LogP contribution in [-0.2, 0) is 6.61 Å². The van der Waals surface area contributed by atoms with E-state index in [1.165, 1.54) is 17.7 Å². The lowest BCUT2D eigenvalue weighted by atomic mass is 10.3. The van der Waals surface area contributed by atoms with Crippen LogP contribution in [-0.4, -0.2) is 17.0 Å². The van der Waals surface area contributed by atoms with Gasteiger partial charge in [0, 0.05) is 17.8 Å². The Balaban J connectivity index is 1.83. The standard InChI is InChI=1S/C14H17N3OS/c1-9-12(15-2)16-13(10-5-6-10)17-14(9)18-8-11-4-3-7-19-11/h3-4,7,10H,5-6,8H2,1-2H3,(H,15,16,17). The average Bonchev–Trinajstić information content (AvgIpc) is 3.14. The predicted octanol–water partition coefficient (Wildman–Crippen LogP) is 3.34. The van der Waals surface area contributed by atoms with E-state index in [1.807, 2.05) is 20.0 Å². The molecule has 0 unspecified atom stereocenters. The summed E-state index contributed by atoms with van der Waals surface area (Å²) in [4.78, 5) is 10.3. The highest BCUT2D eigenvalue weighted by Gasteiger charge is 2.28. The van der Waals surface area contributed by atoms with Crippen LogP contribution in [0.25, 0.3) is 0 Å². The molecule has 0 radical (unpaired) electrons. The Morgan fingerprint density at radius 2 is 2.26 bits per heavy atom. The molecule has 2 aromatic heterocycles. The van der Waals surface area contributed by atoms with Crippen LogP contribution in [0.3, 0.4) is 0 Å². The fourth-order valence-electron chi connectivity index (χ4n) is 1.95. The molecule has 3 rings (SSSR count). The molecule has 5 heteroatoms. The summed E-state index contributed by atoms with van der Waals surface area (Å²) < 4.78 is 5.86. The first kappa shape index (κ1) is 12.4. The number of anilines is 1. The van der Waals surface area contributed by atoms with Crippen molar-refractivity contribution < 1.29 is 4.74 Å². The molecule has 2 heterocycles. The number of ether oxygens (including phenoxy) is 1. The van der Waals surface area contributed by atoms with Crippen molar-refractivity contribution in [2.45, 2.75) is 32.3 Å². The van der Waals surface area contributed by atoms with E-state index in [0.29, 0.717) is 18.4 Å². The molecule has 0 aliphatic heterocycles. The van der Waals surface area contributed by atoms with Gasteiger partial charge in [-0.05, 0) is 31.2 Å². The predicted molar refractivity (Wildman–Crippen MR) is 76.9 cm³/mol. The van der Waals surface area contributed by atoms with Crippen LogP contribution in [0, 0.1) is 6.92 Å². The van der Waals surface area contributed by atoms with E-state index in [9.17, 15) is 0 Å². The first-order valence-electron chi connectivity index (χ1n) is 6.49. The molecule has 2 aromatic rings. The van der Waals surface area contributed by atoms with Crippen molar-refractivity contribution >= 4 is 17.2 Å². The van der Waals surface area contributed by atoms with Gasteiger partial charge in [-0.3, -0.25) is 0 Å². The summed E-state index contributed by atoms with van der Waals surface area (Å²) in [6, 6.07) is 4.10. The first-order valence-corrected chi connectivity index (χ1v) is 7.37. The molecule has 0 aromatic carbocycles. The fraction of sp³-hybridized carbons (Fsp3) is 0.429. The highest BCUT2D eigenvalue weighted by Crippen LogP contribution is 2.40. The van der Waals surface area contributed by atoms with E-state index in [4.69, 9.17) is 4.74 Å². The second-order valence-corrected chi connectivity index (χ2v) is 5.79. The van der Waals surface area contributed by atoms with Gasteiger partial charge >= 0.3 is 0 Å². The van der Waals surface area contributed by atoms with E-state index in [0.717, 1.165) is 17.2 Å². The van der Waals surface area contributed by atoms with Crippen molar-refractivity contribution in [3.8, 4) is 5.88 Å². The Morgan fingerprint density at radius 1 is 1.42 bits per heavy atom. The number of thiophene rings is 1. The van der Waals surface area contributed by atoms with Gasteiger partial charge in [0.05, 0.1) is 5.56 Å². The lowest BCUT2D eigenvalue weighted by Crippen LogP contribution is -2.06. The quantitative estimate of drug-likeness (QED) is 0.909. The third-order valence-corrected chi connectivity index (χ3v) is 4.08. The van der Waals surface area contributed by atoms with Crippen molar-refractivity contribution in [1.82, 2.24) is 9.97 Å². The van der Waals surface area contributed by atoms with Gasteiger partial charge in [-0.1, -0.05) is 6.07 Å². The molecule has 0 amide bonds. The molecule has 0 spiro atoms. The van der Waals surface area contributed by atoms with E-state index < -0.39 is 0 Å². The minimum Gasteiger partial charge on any atom is -0.472 e. The Bertz CT molecular complexity index is 564. The smallest absolute Gasteiger partial charge is 0.222 e. The third kappa shape index (κ3) is 2.71. The maximum absolute atomic E-state index is 5.86. The van der Waals surface area contributed by atoms with E-state index >= 15 is 0 Å². The second-order valence-electron chi connectivity index (χ2n) is 4.75. The number of aromatic nitrogens is 2. The highest BCUT2D eigenvalue weighted by molar-refractivity contribution is 7.09. The SMILES string of the molecule is CNc1nc(C2CC2)nc(OCc2cccs2)c1C. The Labute approximate surface area is 116 Å². The van der Waals surface area contributed by atoms with Crippen LogP contribution in [0.4, 0.5) is 5.82 Å². The minimum absolute atomic E-state index is 0.525. The van der Waals surface area contributed by atoms with Crippen molar-refractivity contribution in [2.24, 2.45) is 0 Å². The maximum atomic E-state index is 5.86. The highest BCUT2D eigenvalue weighted by atomic mass is 32.1. The summed E-state index contributed by atoms with van der Waals surface area (Å²) in [6.45, 7) is 2.56. The molecular weight excluding hydrogens is 258 g/mol. The van der Waals surface area contributed by atoms with Crippen LogP contribution in [0.2, 0.25) is 0 Å². The molecule has 1 fully saturated rings. The van der Waals surface area contributed by atoms with Crippen LogP contribution in [0.1, 0.15) is 35.0 Å². The molecule has 1 aliphatic rings. The maximum Gasteiger partial charge on any atom is 0.222 e. The number of hydrogen-bond donors (Lipinski definition) is 1. The topological polar surface area (TPSA) is 47.0 Å². The van der Waals surface area contributed by atoms with Crippen LogP contribution in [0.15, 0.2) is 17.5 Å².